The lowest BCUT2D eigenvalue weighted by Gasteiger charge is -2.08. The second kappa shape index (κ2) is 5.08. The van der Waals surface area contributed by atoms with E-state index in [1.807, 2.05) is 11.6 Å². The lowest BCUT2D eigenvalue weighted by Crippen LogP contribution is -2.17. The Balaban J connectivity index is 2.40. The van der Waals surface area contributed by atoms with Crippen molar-refractivity contribution in [2.24, 2.45) is 0 Å². The van der Waals surface area contributed by atoms with Crippen molar-refractivity contribution in [1.82, 2.24) is 10.2 Å². The molecule has 0 radical (unpaired) electrons. The van der Waals surface area contributed by atoms with Gasteiger partial charge in [-0.3, -0.25) is 9.82 Å². The van der Waals surface area contributed by atoms with E-state index >= 15 is 0 Å². The lowest BCUT2D eigenvalue weighted by molar-refractivity contribution is 0.522. The molecule has 1 aromatic carbocycles. The van der Waals surface area contributed by atoms with E-state index < -0.39 is 26.6 Å². The average Bonchev–Trinajstić information content (AvgIpc) is 2.73. The molecule has 20 heavy (non-hydrogen) atoms. The average molecular weight is 302 g/mol. The minimum absolute atomic E-state index is 0.0440. The van der Waals surface area contributed by atoms with Crippen LogP contribution in [-0.2, 0) is 16.4 Å². The SMILES string of the molecule is CCc1cc(NS(=O)(=O)c2c(F)cc(N)cc2F)n[nH]1. The van der Waals surface area contributed by atoms with Crippen LogP contribution in [0.4, 0.5) is 20.3 Å². The van der Waals surface area contributed by atoms with Crippen LogP contribution in [0.15, 0.2) is 23.1 Å². The molecule has 6 nitrogen and oxygen atoms in total. The lowest BCUT2D eigenvalue weighted by atomic mass is 10.3. The molecule has 0 amide bonds. The third-order valence-electron chi connectivity index (χ3n) is 2.54. The van der Waals surface area contributed by atoms with Crippen LogP contribution in [0.5, 0.6) is 0 Å². The van der Waals surface area contributed by atoms with Crippen LogP contribution in [-0.4, -0.2) is 18.6 Å². The molecule has 0 saturated carbocycles. The quantitative estimate of drug-likeness (QED) is 0.747. The third kappa shape index (κ3) is 2.72. The first kappa shape index (κ1) is 14.3. The highest BCUT2D eigenvalue weighted by molar-refractivity contribution is 7.92. The van der Waals surface area contributed by atoms with E-state index in [1.54, 1.807) is 0 Å². The maximum Gasteiger partial charge on any atom is 0.268 e. The number of benzene rings is 1. The van der Waals surface area contributed by atoms with Crippen molar-refractivity contribution in [3.63, 3.8) is 0 Å². The van der Waals surface area contributed by atoms with Gasteiger partial charge in [0.15, 0.2) is 10.7 Å². The number of hydrogen-bond donors (Lipinski definition) is 3. The van der Waals surface area contributed by atoms with Gasteiger partial charge in [0.05, 0.1) is 0 Å². The molecule has 0 aliphatic heterocycles. The Labute approximate surface area is 114 Å². The molecular weight excluding hydrogens is 290 g/mol. The molecular formula is C11H12F2N4O2S. The summed E-state index contributed by atoms with van der Waals surface area (Å²) < 4.78 is 53.2. The number of rotatable bonds is 4. The van der Waals surface area contributed by atoms with Gasteiger partial charge in [-0.25, -0.2) is 17.2 Å². The van der Waals surface area contributed by atoms with Crippen molar-refractivity contribution in [1.29, 1.82) is 0 Å². The Kier molecular flexibility index (Phi) is 3.62. The molecule has 2 aromatic rings. The van der Waals surface area contributed by atoms with Crippen LogP contribution in [0.25, 0.3) is 0 Å². The second-order valence-corrected chi connectivity index (χ2v) is 5.67. The normalized spacial score (nSPS) is 11.6. The van der Waals surface area contributed by atoms with Gasteiger partial charge >= 0.3 is 0 Å². The van der Waals surface area contributed by atoms with Crippen LogP contribution in [0.3, 0.4) is 0 Å². The zero-order chi connectivity index (χ0) is 14.9. The molecule has 0 fully saturated rings. The number of nitrogen functional groups attached to an aromatic ring is 1. The first-order chi connectivity index (χ1) is 9.33. The molecule has 0 aliphatic carbocycles. The molecule has 0 aliphatic rings. The number of anilines is 2. The highest BCUT2D eigenvalue weighted by Gasteiger charge is 2.25. The summed E-state index contributed by atoms with van der Waals surface area (Å²) in [5.41, 5.74) is 5.71. The van der Waals surface area contributed by atoms with E-state index in [1.165, 1.54) is 6.07 Å². The van der Waals surface area contributed by atoms with Crippen LogP contribution in [0, 0.1) is 11.6 Å². The summed E-state index contributed by atoms with van der Waals surface area (Å²) in [4.78, 5) is -1.09. The summed E-state index contributed by atoms with van der Waals surface area (Å²) in [5, 5.41) is 6.27. The van der Waals surface area contributed by atoms with Gasteiger partial charge < -0.3 is 5.73 Å². The van der Waals surface area contributed by atoms with Crippen LogP contribution in [0.2, 0.25) is 0 Å². The first-order valence-electron chi connectivity index (χ1n) is 5.65. The molecule has 0 unspecified atom stereocenters. The number of sulfonamides is 1. The number of aromatic amines is 1. The van der Waals surface area contributed by atoms with E-state index in [0.29, 0.717) is 12.1 Å². The third-order valence-corrected chi connectivity index (χ3v) is 3.95. The number of halogens is 2. The number of nitrogens with one attached hydrogen (secondary N) is 2. The number of H-pyrrole nitrogens is 1. The van der Waals surface area contributed by atoms with Crippen LogP contribution < -0.4 is 10.5 Å². The maximum atomic E-state index is 13.6. The molecule has 0 spiro atoms. The highest BCUT2D eigenvalue weighted by Crippen LogP contribution is 2.23. The van der Waals surface area contributed by atoms with Gasteiger partial charge in [-0.05, 0) is 18.6 Å². The van der Waals surface area contributed by atoms with Crippen molar-refractivity contribution < 1.29 is 17.2 Å². The molecule has 1 heterocycles. The Hall–Kier alpha value is -2.16. The fourth-order valence-electron chi connectivity index (χ4n) is 1.62. The van der Waals surface area contributed by atoms with Crippen LogP contribution in [0.1, 0.15) is 12.6 Å². The number of nitrogens with two attached hydrogens (primary N) is 1. The molecule has 4 N–H and O–H groups in total. The van der Waals surface area contributed by atoms with E-state index in [4.69, 9.17) is 5.73 Å². The molecule has 9 heteroatoms. The van der Waals surface area contributed by atoms with Gasteiger partial charge in [0, 0.05) is 17.4 Å². The topological polar surface area (TPSA) is 101 Å². The molecule has 108 valence electrons. The van der Waals surface area contributed by atoms with E-state index in [-0.39, 0.29) is 11.5 Å². The smallest absolute Gasteiger partial charge is 0.268 e. The van der Waals surface area contributed by atoms with Gasteiger partial charge in [0.25, 0.3) is 10.0 Å². The second-order valence-electron chi connectivity index (χ2n) is 4.05. The summed E-state index contributed by atoms with van der Waals surface area (Å²) >= 11 is 0. The predicted octanol–water partition coefficient (Wildman–Crippen LogP) is 1.63. The summed E-state index contributed by atoms with van der Waals surface area (Å²) in [6.45, 7) is 1.84. The summed E-state index contributed by atoms with van der Waals surface area (Å²) in [6.07, 6.45) is 0.610. The first-order valence-corrected chi connectivity index (χ1v) is 7.13. The van der Waals surface area contributed by atoms with Crippen molar-refractivity contribution in [3.8, 4) is 0 Å². The Bertz CT molecular complexity index is 720. The van der Waals surface area contributed by atoms with Gasteiger partial charge in [0.1, 0.15) is 11.6 Å². The molecule has 0 bridgehead atoms. The molecule has 0 saturated heterocycles. The zero-order valence-electron chi connectivity index (χ0n) is 10.4. The Morgan fingerprint density at radius 2 is 1.90 bits per heavy atom. The predicted molar refractivity (Wildman–Crippen MR) is 69.5 cm³/mol. The van der Waals surface area contributed by atoms with E-state index in [0.717, 1.165) is 12.1 Å². The molecule has 2 rings (SSSR count). The highest BCUT2D eigenvalue weighted by atomic mass is 32.2. The van der Waals surface area contributed by atoms with Crippen molar-refractivity contribution in [2.45, 2.75) is 18.2 Å². The fraction of sp³-hybridized carbons (Fsp3) is 0.182. The summed E-state index contributed by atoms with van der Waals surface area (Å²) in [6, 6.07) is 2.91. The standard InChI is InChI=1S/C11H12F2N4O2S/c1-2-7-5-10(16-15-7)17-20(18,19)11-8(12)3-6(14)4-9(11)13/h3-5H,2,14H2,1H3,(H2,15,16,17). The molecule has 1 aromatic heterocycles. The number of nitrogens with zero attached hydrogens (tertiary/aromatic N) is 1. The Morgan fingerprint density at radius 1 is 1.30 bits per heavy atom. The molecule has 0 atom stereocenters. The van der Waals surface area contributed by atoms with E-state index in [2.05, 4.69) is 10.2 Å². The minimum atomic E-state index is -4.42. The largest absolute Gasteiger partial charge is 0.399 e. The summed E-state index contributed by atoms with van der Waals surface area (Å²) in [5.74, 6) is -2.57. The maximum absolute atomic E-state index is 13.6. The number of aromatic nitrogens is 2. The monoisotopic (exact) mass is 302 g/mol. The fourth-order valence-corrected chi connectivity index (χ4v) is 2.73. The summed E-state index contributed by atoms with van der Waals surface area (Å²) in [7, 11) is -4.42. The number of aryl methyl sites for hydroxylation is 1. The van der Waals surface area contributed by atoms with Crippen molar-refractivity contribution in [3.05, 3.63) is 35.5 Å². The van der Waals surface area contributed by atoms with Crippen molar-refractivity contribution >= 4 is 21.5 Å². The van der Waals surface area contributed by atoms with Gasteiger partial charge in [-0.1, -0.05) is 6.92 Å². The van der Waals surface area contributed by atoms with Crippen LogP contribution >= 0.6 is 0 Å². The number of hydrogen-bond acceptors (Lipinski definition) is 4. The van der Waals surface area contributed by atoms with Crippen molar-refractivity contribution in [2.75, 3.05) is 10.5 Å². The van der Waals surface area contributed by atoms with E-state index in [9.17, 15) is 17.2 Å². The van der Waals surface area contributed by atoms with Gasteiger partial charge in [-0.15, -0.1) is 0 Å². The van der Waals surface area contributed by atoms with Gasteiger partial charge in [-0.2, -0.15) is 5.10 Å². The van der Waals surface area contributed by atoms with Gasteiger partial charge in [0.2, 0.25) is 0 Å². The Morgan fingerprint density at radius 3 is 2.40 bits per heavy atom. The minimum Gasteiger partial charge on any atom is -0.399 e. The zero-order valence-corrected chi connectivity index (χ0v) is 11.3.